The van der Waals surface area contributed by atoms with Crippen LogP contribution in [-0.4, -0.2) is 60.8 Å². The maximum atomic E-state index is 9.76. The summed E-state index contributed by atoms with van der Waals surface area (Å²) >= 11 is 0. The van der Waals surface area contributed by atoms with Gasteiger partial charge in [-0.15, -0.1) is 0 Å². The minimum atomic E-state index is -1.18. The standard InChI is InChI=1S/C10H15N5O4/c11-8-7-9(13-4-12-8)15(5-14-7)10(6(18)3-17)19-2-1-16/h4-6,10,16-18H,1-3H2,(H2,11,12,13)/t6-,10+/m1/s1. The first-order valence-electron chi connectivity index (χ1n) is 5.63. The van der Waals surface area contributed by atoms with Crippen LogP contribution in [0.5, 0.6) is 0 Å². The van der Waals surface area contributed by atoms with E-state index < -0.39 is 18.9 Å². The van der Waals surface area contributed by atoms with Gasteiger partial charge in [-0.1, -0.05) is 0 Å². The zero-order chi connectivity index (χ0) is 13.8. The third-order valence-electron chi connectivity index (χ3n) is 2.56. The van der Waals surface area contributed by atoms with Crippen molar-refractivity contribution in [2.24, 2.45) is 0 Å². The second-order valence-corrected chi connectivity index (χ2v) is 3.82. The van der Waals surface area contributed by atoms with Gasteiger partial charge in [-0.25, -0.2) is 15.0 Å². The quantitative estimate of drug-likeness (QED) is 0.485. The van der Waals surface area contributed by atoms with Crippen LogP contribution in [0.2, 0.25) is 0 Å². The lowest BCUT2D eigenvalue weighted by Gasteiger charge is -2.23. The van der Waals surface area contributed by atoms with Gasteiger partial charge < -0.3 is 25.8 Å². The Morgan fingerprint density at radius 2 is 2.11 bits per heavy atom. The Hall–Kier alpha value is -1.81. The number of hydrogen-bond donors (Lipinski definition) is 4. The molecule has 2 rings (SSSR count). The van der Waals surface area contributed by atoms with Gasteiger partial charge in [-0.05, 0) is 0 Å². The molecule has 2 heterocycles. The minimum Gasteiger partial charge on any atom is -0.394 e. The van der Waals surface area contributed by atoms with E-state index >= 15 is 0 Å². The number of anilines is 1. The maximum absolute atomic E-state index is 9.76. The predicted molar refractivity (Wildman–Crippen MR) is 64.9 cm³/mol. The maximum Gasteiger partial charge on any atom is 0.167 e. The number of aliphatic hydroxyl groups excluding tert-OH is 3. The summed E-state index contributed by atoms with van der Waals surface area (Å²) in [6.07, 6.45) is 0.553. The molecule has 2 atom stereocenters. The van der Waals surface area contributed by atoms with Gasteiger partial charge in [0.05, 0.1) is 26.1 Å². The number of nitrogens with two attached hydrogens (primary N) is 1. The first-order chi connectivity index (χ1) is 9.19. The van der Waals surface area contributed by atoms with Crippen molar-refractivity contribution in [2.45, 2.75) is 12.3 Å². The lowest BCUT2D eigenvalue weighted by molar-refractivity contribution is -0.102. The van der Waals surface area contributed by atoms with Gasteiger partial charge in [0.15, 0.2) is 17.7 Å². The highest BCUT2D eigenvalue weighted by molar-refractivity contribution is 5.81. The number of aliphatic hydroxyl groups is 3. The SMILES string of the molecule is Nc1ncnc2c1ncn2[C@@H](OCCO)[C@H](O)CO. The molecular weight excluding hydrogens is 254 g/mol. The van der Waals surface area contributed by atoms with Crippen LogP contribution in [0.3, 0.4) is 0 Å². The summed E-state index contributed by atoms with van der Waals surface area (Å²) in [5.74, 6) is 0.211. The van der Waals surface area contributed by atoms with Crippen molar-refractivity contribution in [1.29, 1.82) is 0 Å². The van der Waals surface area contributed by atoms with Crippen LogP contribution in [0.15, 0.2) is 12.7 Å². The molecule has 0 amide bonds. The van der Waals surface area contributed by atoms with Gasteiger partial charge in [-0.3, -0.25) is 4.57 Å². The molecule has 0 unspecified atom stereocenters. The Morgan fingerprint density at radius 3 is 2.79 bits per heavy atom. The van der Waals surface area contributed by atoms with Crippen molar-refractivity contribution in [1.82, 2.24) is 19.5 Å². The van der Waals surface area contributed by atoms with Crippen LogP contribution in [0.1, 0.15) is 6.23 Å². The molecule has 2 aromatic rings. The lowest BCUT2D eigenvalue weighted by Crippen LogP contribution is -2.30. The molecule has 0 saturated heterocycles. The molecule has 19 heavy (non-hydrogen) atoms. The molecule has 0 aliphatic heterocycles. The van der Waals surface area contributed by atoms with Crippen molar-refractivity contribution in [3.05, 3.63) is 12.7 Å². The Kier molecular flexibility index (Phi) is 4.22. The summed E-state index contributed by atoms with van der Waals surface area (Å²) in [6, 6.07) is 0. The smallest absolute Gasteiger partial charge is 0.167 e. The monoisotopic (exact) mass is 269 g/mol. The van der Waals surface area contributed by atoms with Crippen LogP contribution < -0.4 is 5.73 Å². The zero-order valence-electron chi connectivity index (χ0n) is 10.0. The second-order valence-electron chi connectivity index (χ2n) is 3.82. The number of nitrogen functional groups attached to an aromatic ring is 1. The van der Waals surface area contributed by atoms with Crippen molar-refractivity contribution in [3.8, 4) is 0 Å². The predicted octanol–water partition coefficient (Wildman–Crippen LogP) is -1.73. The largest absolute Gasteiger partial charge is 0.394 e. The zero-order valence-corrected chi connectivity index (χ0v) is 10.0. The van der Waals surface area contributed by atoms with Crippen molar-refractivity contribution in [3.63, 3.8) is 0 Å². The summed E-state index contributed by atoms with van der Waals surface area (Å²) in [4.78, 5) is 11.9. The Balaban J connectivity index is 2.41. The fourth-order valence-corrected chi connectivity index (χ4v) is 1.70. The van der Waals surface area contributed by atoms with E-state index in [2.05, 4.69) is 15.0 Å². The molecule has 9 heteroatoms. The number of ether oxygens (including phenoxy) is 1. The highest BCUT2D eigenvalue weighted by Crippen LogP contribution is 2.21. The molecule has 5 N–H and O–H groups in total. The number of rotatable bonds is 6. The molecule has 104 valence electrons. The third-order valence-corrected chi connectivity index (χ3v) is 2.56. The molecule has 0 radical (unpaired) electrons. The van der Waals surface area contributed by atoms with Gasteiger partial charge in [0.25, 0.3) is 0 Å². The Bertz CT molecular complexity index is 546. The molecular formula is C10H15N5O4. The van der Waals surface area contributed by atoms with Crippen LogP contribution in [0.25, 0.3) is 11.2 Å². The molecule has 0 aliphatic rings. The van der Waals surface area contributed by atoms with Crippen LogP contribution >= 0.6 is 0 Å². The summed E-state index contributed by atoms with van der Waals surface area (Å²) in [5.41, 5.74) is 6.42. The average Bonchev–Trinajstić information content (AvgIpc) is 2.84. The van der Waals surface area contributed by atoms with E-state index in [-0.39, 0.29) is 19.0 Å². The van der Waals surface area contributed by atoms with E-state index in [1.165, 1.54) is 17.2 Å². The highest BCUT2D eigenvalue weighted by Gasteiger charge is 2.24. The number of nitrogens with zero attached hydrogens (tertiary/aromatic N) is 4. The fraction of sp³-hybridized carbons (Fsp3) is 0.500. The van der Waals surface area contributed by atoms with E-state index in [4.69, 9.17) is 20.7 Å². The molecule has 9 nitrogen and oxygen atoms in total. The van der Waals surface area contributed by atoms with Crippen molar-refractivity contribution < 1.29 is 20.1 Å². The lowest BCUT2D eigenvalue weighted by atomic mass is 10.3. The molecule has 0 aliphatic carbocycles. The molecule has 2 aromatic heterocycles. The summed E-state index contributed by atoms with van der Waals surface area (Å²) < 4.78 is 6.73. The Morgan fingerprint density at radius 1 is 1.32 bits per heavy atom. The van der Waals surface area contributed by atoms with E-state index in [1.807, 2.05) is 0 Å². The van der Waals surface area contributed by atoms with E-state index in [1.54, 1.807) is 0 Å². The molecule has 0 saturated carbocycles. The number of fused-ring (bicyclic) bond motifs is 1. The molecule has 0 bridgehead atoms. The van der Waals surface area contributed by atoms with Crippen molar-refractivity contribution in [2.75, 3.05) is 25.6 Å². The van der Waals surface area contributed by atoms with Gasteiger partial charge in [-0.2, -0.15) is 0 Å². The normalized spacial score (nSPS) is 14.7. The Labute approximate surface area is 108 Å². The second kappa shape index (κ2) is 5.89. The number of hydrogen-bond acceptors (Lipinski definition) is 8. The molecule has 0 fully saturated rings. The van der Waals surface area contributed by atoms with E-state index in [0.717, 1.165) is 0 Å². The first-order valence-corrected chi connectivity index (χ1v) is 5.63. The van der Waals surface area contributed by atoms with Crippen LogP contribution in [0.4, 0.5) is 5.82 Å². The van der Waals surface area contributed by atoms with Crippen molar-refractivity contribution >= 4 is 17.0 Å². The third kappa shape index (κ3) is 2.63. The topological polar surface area (TPSA) is 140 Å². The van der Waals surface area contributed by atoms with Gasteiger partial charge >= 0.3 is 0 Å². The number of imidazole rings is 1. The average molecular weight is 269 g/mol. The molecule has 0 aromatic carbocycles. The summed E-state index contributed by atoms with van der Waals surface area (Å²) in [6.45, 7) is -0.712. The fourth-order valence-electron chi connectivity index (χ4n) is 1.70. The minimum absolute atomic E-state index is 0.00195. The van der Waals surface area contributed by atoms with Crippen LogP contribution in [0, 0.1) is 0 Å². The van der Waals surface area contributed by atoms with E-state index in [0.29, 0.717) is 11.2 Å². The van der Waals surface area contributed by atoms with E-state index in [9.17, 15) is 5.11 Å². The molecule has 0 spiro atoms. The van der Waals surface area contributed by atoms with Gasteiger partial charge in [0, 0.05) is 0 Å². The van der Waals surface area contributed by atoms with Crippen LogP contribution in [-0.2, 0) is 4.74 Å². The van der Waals surface area contributed by atoms with Gasteiger partial charge in [0.2, 0.25) is 0 Å². The summed E-state index contributed by atoms with van der Waals surface area (Å²) in [5, 5.41) is 27.6. The van der Waals surface area contributed by atoms with Gasteiger partial charge in [0.1, 0.15) is 17.9 Å². The first kappa shape index (κ1) is 13.6. The number of aromatic nitrogens is 4. The summed E-state index contributed by atoms with van der Waals surface area (Å²) in [7, 11) is 0. The highest BCUT2D eigenvalue weighted by atomic mass is 16.5.